The molecule has 0 saturated heterocycles. The van der Waals surface area contributed by atoms with Crippen molar-refractivity contribution in [3.8, 4) is 4.90 Å². The molecule has 3 heteroatoms. The lowest BCUT2D eigenvalue weighted by molar-refractivity contribution is 1.61. The van der Waals surface area contributed by atoms with Gasteiger partial charge in [0.05, 0.1) is 0 Å². The summed E-state index contributed by atoms with van der Waals surface area (Å²) in [6.07, 6.45) is 0. The highest BCUT2D eigenvalue weighted by atomic mass is 127. The van der Waals surface area contributed by atoms with E-state index in [0.29, 0.717) is 0 Å². The van der Waals surface area contributed by atoms with Crippen molar-refractivity contribution in [1.82, 2.24) is 0 Å². The van der Waals surface area contributed by atoms with Gasteiger partial charge in [0.1, 0.15) is 0 Å². The van der Waals surface area contributed by atoms with E-state index in [1.54, 1.807) is 0 Å². The van der Waals surface area contributed by atoms with Crippen LogP contribution in [-0.4, -0.2) is 0 Å². The van der Waals surface area contributed by atoms with Crippen LogP contribution in [0.1, 0.15) is 0 Å². The lowest BCUT2D eigenvalue weighted by atomic mass is 10.2. The van der Waals surface area contributed by atoms with Gasteiger partial charge in [-0.1, -0.05) is 24.3 Å². The summed E-state index contributed by atoms with van der Waals surface area (Å²) in [5, 5.41) is 2.79. The van der Waals surface area contributed by atoms with Gasteiger partial charge < -0.3 is 0 Å². The summed E-state index contributed by atoms with van der Waals surface area (Å²) in [4.78, 5) is 1.41. The van der Waals surface area contributed by atoms with Crippen LogP contribution in [-0.2, 0) is 0 Å². The summed E-state index contributed by atoms with van der Waals surface area (Å²) < 4.78 is 5.56. The lowest BCUT2D eigenvalue weighted by Crippen LogP contribution is -1.79. The second-order valence-corrected chi connectivity index (χ2v) is 9.16. The van der Waals surface area contributed by atoms with Crippen molar-refractivity contribution in [1.29, 1.82) is 0 Å². The Morgan fingerprint density at radius 1 is 0.619 bits per heavy atom. The predicted octanol–water partition coefficient (Wildman–Crippen LogP) is 6.94. The Labute approximate surface area is 153 Å². The van der Waals surface area contributed by atoms with Gasteiger partial charge in [0, 0.05) is 34.4 Å². The van der Waals surface area contributed by atoms with Crippen LogP contribution in [0, 0.1) is 7.14 Å². The van der Waals surface area contributed by atoms with Gasteiger partial charge in [0.2, 0.25) is 0 Å². The highest BCUT2D eigenvalue weighted by Crippen LogP contribution is 2.48. The molecule has 0 bridgehead atoms. The average molecular weight is 513 g/mol. The average Bonchev–Trinajstić information content (AvgIpc) is 2.85. The summed E-state index contributed by atoms with van der Waals surface area (Å²) in [5.74, 6) is 0. The molecule has 0 N–H and O–H groups in total. The first-order valence-corrected chi connectivity index (χ1v) is 10.0. The van der Waals surface area contributed by atoms with Gasteiger partial charge in [0.25, 0.3) is 0 Å². The monoisotopic (exact) mass is 513 g/mol. The molecule has 4 rings (SSSR count). The maximum absolute atomic E-state index is 2.43. The van der Waals surface area contributed by atoms with Crippen molar-refractivity contribution >= 4 is 75.8 Å². The van der Waals surface area contributed by atoms with Gasteiger partial charge in [-0.25, -0.2) is 0 Å². The van der Waals surface area contributed by atoms with Crippen LogP contribution in [0.5, 0.6) is 0 Å². The molecular weight excluding hydrogens is 502 g/mol. The van der Waals surface area contributed by atoms with E-state index in [2.05, 4.69) is 112 Å². The number of halogens is 2. The highest BCUT2D eigenvalue weighted by Gasteiger charge is 2.23. The Kier molecular flexibility index (Phi) is 3.67. The third kappa shape index (κ3) is 2.29. The van der Waals surface area contributed by atoms with Crippen LogP contribution in [0.4, 0.5) is 0 Å². The minimum atomic E-state index is 0.0328. The first kappa shape index (κ1) is 14.0. The summed E-state index contributed by atoms with van der Waals surface area (Å²) in [7, 11) is 0.0328. The van der Waals surface area contributed by atoms with E-state index < -0.39 is 0 Å². The largest absolute Gasteiger partial charge is 0.187 e. The molecular formula is C18H11I2S+. The Morgan fingerprint density at radius 2 is 1.19 bits per heavy atom. The Balaban J connectivity index is 2.17. The number of rotatable bonds is 1. The molecule has 3 aromatic carbocycles. The third-order valence-corrected chi connectivity index (χ3v) is 8.81. The molecule has 0 spiro atoms. The smallest absolute Gasteiger partial charge is 0.0612 e. The van der Waals surface area contributed by atoms with E-state index in [-0.39, 0.29) is 10.5 Å². The zero-order valence-electron chi connectivity index (χ0n) is 11.0. The molecule has 0 unspecified atom stereocenters. The van der Waals surface area contributed by atoms with Gasteiger partial charge in [-0.05, 0) is 81.6 Å². The second-order valence-electron chi connectivity index (χ2n) is 4.87. The van der Waals surface area contributed by atoms with Gasteiger partial charge in [0.15, 0.2) is 14.3 Å². The molecule has 0 aliphatic carbocycles. The van der Waals surface area contributed by atoms with Crippen molar-refractivity contribution in [2.75, 3.05) is 0 Å². The van der Waals surface area contributed by atoms with Crippen LogP contribution in [0.3, 0.4) is 0 Å². The van der Waals surface area contributed by atoms with Crippen LogP contribution < -0.4 is 0 Å². The van der Waals surface area contributed by atoms with E-state index in [0.717, 1.165) is 0 Å². The van der Waals surface area contributed by atoms with Crippen LogP contribution in [0.15, 0.2) is 66.7 Å². The molecule has 0 amide bonds. The number of hydrogen-bond acceptors (Lipinski definition) is 0. The fraction of sp³-hybridized carbons (Fsp3) is 0. The minimum absolute atomic E-state index is 0.0328. The quantitative estimate of drug-likeness (QED) is 0.191. The van der Waals surface area contributed by atoms with Crippen molar-refractivity contribution in [2.24, 2.45) is 0 Å². The van der Waals surface area contributed by atoms with E-state index in [1.165, 1.54) is 32.2 Å². The Hall–Kier alpha value is -0.660. The zero-order chi connectivity index (χ0) is 14.4. The molecule has 1 heterocycles. The Morgan fingerprint density at radius 3 is 1.76 bits per heavy atom. The van der Waals surface area contributed by atoms with Crippen LogP contribution >= 0.6 is 55.7 Å². The van der Waals surface area contributed by atoms with Crippen molar-refractivity contribution in [3.63, 3.8) is 0 Å². The first-order valence-electron chi connectivity index (χ1n) is 6.63. The minimum Gasteiger partial charge on any atom is -0.0612 e. The van der Waals surface area contributed by atoms with E-state index in [1.807, 2.05) is 0 Å². The summed E-state index contributed by atoms with van der Waals surface area (Å²) in [6.45, 7) is 0. The maximum Gasteiger partial charge on any atom is 0.187 e. The van der Waals surface area contributed by atoms with E-state index in [4.69, 9.17) is 0 Å². The topological polar surface area (TPSA) is 0 Å². The van der Waals surface area contributed by atoms with Crippen molar-refractivity contribution < 1.29 is 0 Å². The summed E-state index contributed by atoms with van der Waals surface area (Å²) in [6, 6.07) is 24.5. The number of fused-ring (bicyclic) bond motifs is 3. The summed E-state index contributed by atoms with van der Waals surface area (Å²) >= 11 is 4.83. The van der Waals surface area contributed by atoms with Crippen LogP contribution in [0.25, 0.3) is 25.1 Å². The van der Waals surface area contributed by atoms with Crippen molar-refractivity contribution in [2.45, 2.75) is 0 Å². The number of benzene rings is 3. The molecule has 102 valence electrons. The maximum atomic E-state index is 2.43. The number of hydrogen-bond donors (Lipinski definition) is 0. The standard InChI is InChI=1S/C18H11I2S/c19-15-10-9-12(11-16(15)20)21-17-7-3-1-5-13(17)14-6-2-4-8-18(14)21/h1-11H/q+1. The Bertz CT molecular complexity index is 916. The normalized spacial score (nSPS) is 11.3. The summed E-state index contributed by atoms with van der Waals surface area (Å²) in [5.41, 5.74) is 0. The molecule has 0 fully saturated rings. The van der Waals surface area contributed by atoms with Gasteiger partial charge in [-0.15, -0.1) is 0 Å². The molecule has 0 radical (unpaired) electrons. The van der Waals surface area contributed by atoms with Crippen LogP contribution in [0.2, 0.25) is 0 Å². The molecule has 4 aromatic rings. The van der Waals surface area contributed by atoms with Gasteiger partial charge >= 0.3 is 0 Å². The van der Waals surface area contributed by atoms with E-state index in [9.17, 15) is 0 Å². The molecule has 0 aliphatic heterocycles. The molecule has 0 saturated carbocycles. The number of thiophene rings is 1. The highest BCUT2D eigenvalue weighted by molar-refractivity contribution is 14.1. The zero-order valence-corrected chi connectivity index (χ0v) is 16.1. The van der Waals surface area contributed by atoms with Crippen molar-refractivity contribution in [3.05, 3.63) is 73.9 Å². The van der Waals surface area contributed by atoms with E-state index >= 15 is 0 Å². The fourth-order valence-electron chi connectivity index (χ4n) is 2.71. The molecule has 0 nitrogen and oxygen atoms in total. The molecule has 0 aliphatic rings. The SMILES string of the molecule is Ic1ccc(-[s+]2c3ccccc3c3ccccc32)cc1I. The fourth-order valence-corrected chi connectivity index (χ4v) is 6.18. The van der Waals surface area contributed by atoms with Gasteiger partial charge in [-0.2, -0.15) is 0 Å². The molecule has 0 atom stereocenters. The lowest BCUT2D eigenvalue weighted by Gasteiger charge is -1.97. The third-order valence-electron chi connectivity index (χ3n) is 3.63. The second kappa shape index (κ2) is 5.52. The predicted molar refractivity (Wildman–Crippen MR) is 111 cm³/mol. The molecule has 21 heavy (non-hydrogen) atoms. The first-order chi connectivity index (χ1) is 10.3. The van der Waals surface area contributed by atoms with Gasteiger partial charge in [-0.3, -0.25) is 0 Å². The molecule has 1 aromatic heterocycles.